The molecule has 0 radical (unpaired) electrons. The molecular weight excluding hydrogens is 395 g/mol. The third-order valence-corrected chi connectivity index (χ3v) is 5.80. The molecule has 0 N–H and O–H groups in total. The molecule has 0 heterocycles. The van der Waals surface area contributed by atoms with E-state index in [2.05, 4.69) is 76.9 Å². The van der Waals surface area contributed by atoms with Crippen LogP contribution in [0.4, 0.5) is 4.39 Å². The minimum absolute atomic E-state index is 0.160. The van der Waals surface area contributed by atoms with Crippen molar-refractivity contribution >= 4 is 31.9 Å². The minimum Gasteiger partial charge on any atom is -0.207 e. The Morgan fingerprint density at radius 2 is 1.71 bits per heavy atom. The van der Waals surface area contributed by atoms with Crippen LogP contribution in [0.5, 0.6) is 0 Å². The zero-order chi connectivity index (χ0) is 15.6. The van der Waals surface area contributed by atoms with Gasteiger partial charge >= 0.3 is 0 Å². The van der Waals surface area contributed by atoms with Crippen LogP contribution in [0.25, 0.3) is 0 Å². The monoisotopic (exact) mass is 412 g/mol. The molecule has 0 fully saturated rings. The maximum Gasteiger partial charge on any atom is 0.129 e. The standard InChI is InChI=1S/C18H19Br2F/c1-4-18(2,3)13-10-8-12(9-11-13)17(20)16-14(19)6-5-7-15(16)21/h5-11,17H,4H2,1-3H3. The van der Waals surface area contributed by atoms with Crippen molar-refractivity contribution in [1.29, 1.82) is 0 Å². The van der Waals surface area contributed by atoms with E-state index in [1.807, 2.05) is 6.07 Å². The lowest BCUT2D eigenvalue weighted by molar-refractivity contribution is 0.506. The van der Waals surface area contributed by atoms with Gasteiger partial charge < -0.3 is 0 Å². The van der Waals surface area contributed by atoms with E-state index in [0.717, 1.165) is 16.5 Å². The Bertz CT molecular complexity index is 597. The summed E-state index contributed by atoms with van der Waals surface area (Å²) >= 11 is 7.05. The summed E-state index contributed by atoms with van der Waals surface area (Å²) in [5, 5.41) is 0. The van der Waals surface area contributed by atoms with Crippen LogP contribution in [0.2, 0.25) is 0 Å². The normalized spacial score (nSPS) is 13.2. The molecule has 0 aromatic heterocycles. The van der Waals surface area contributed by atoms with Crippen molar-refractivity contribution < 1.29 is 4.39 Å². The summed E-state index contributed by atoms with van der Waals surface area (Å²) in [6, 6.07) is 13.5. The average molecular weight is 414 g/mol. The van der Waals surface area contributed by atoms with E-state index in [1.165, 1.54) is 11.6 Å². The Hall–Kier alpha value is -0.670. The van der Waals surface area contributed by atoms with Gasteiger partial charge in [0.15, 0.2) is 0 Å². The molecule has 2 rings (SSSR count). The predicted octanol–water partition coefficient (Wildman–Crippen LogP) is 6.76. The third kappa shape index (κ3) is 3.57. The first-order chi connectivity index (χ1) is 9.86. The van der Waals surface area contributed by atoms with Crippen molar-refractivity contribution in [1.82, 2.24) is 0 Å². The van der Waals surface area contributed by atoms with Crippen molar-refractivity contribution in [2.75, 3.05) is 0 Å². The summed E-state index contributed by atoms with van der Waals surface area (Å²) in [5.41, 5.74) is 3.16. The van der Waals surface area contributed by atoms with Gasteiger partial charge in [-0.05, 0) is 35.1 Å². The van der Waals surface area contributed by atoms with Gasteiger partial charge in [0.25, 0.3) is 0 Å². The Balaban J connectivity index is 2.35. The van der Waals surface area contributed by atoms with Crippen LogP contribution >= 0.6 is 31.9 Å². The number of halogens is 3. The summed E-state index contributed by atoms with van der Waals surface area (Å²) in [4.78, 5) is -0.160. The Morgan fingerprint density at radius 3 is 2.24 bits per heavy atom. The van der Waals surface area contributed by atoms with Gasteiger partial charge in [0.2, 0.25) is 0 Å². The summed E-state index contributed by atoms with van der Waals surface area (Å²) in [5.74, 6) is -0.204. The highest BCUT2D eigenvalue weighted by molar-refractivity contribution is 9.11. The first-order valence-electron chi connectivity index (χ1n) is 7.05. The topological polar surface area (TPSA) is 0 Å². The molecule has 21 heavy (non-hydrogen) atoms. The first kappa shape index (κ1) is 16.7. The lowest BCUT2D eigenvalue weighted by Crippen LogP contribution is -2.15. The molecular formula is C18H19Br2F. The van der Waals surface area contributed by atoms with Gasteiger partial charge in [-0.1, -0.05) is 83.0 Å². The molecule has 0 spiro atoms. The van der Waals surface area contributed by atoms with Gasteiger partial charge in [-0.3, -0.25) is 0 Å². The summed E-state index contributed by atoms with van der Waals surface area (Å²) in [6.07, 6.45) is 1.09. The third-order valence-electron chi connectivity index (χ3n) is 4.12. The Kier molecular flexibility index (Phi) is 5.26. The number of alkyl halides is 1. The molecule has 3 heteroatoms. The predicted molar refractivity (Wildman–Crippen MR) is 94.6 cm³/mol. The van der Waals surface area contributed by atoms with E-state index in [-0.39, 0.29) is 16.1 Å². The average Bonchev–Trinajstić information content (AvgIpc) is 2.47. The van der Waals surface area contributed by atoms with Gasteiger partial charge in [-0.15, -0.1) is 0 Å². The fraction of sp³-hybridized carbons (Fsp3) is 0.333. The second-order valence-corrected chi connectivity index (χ2v) is 7.63. The van der Waals surface area contributed by atoms with E-state index in [4.69, 9.17) is 0 Å². The molecule has 0 nitrogen and oxygen atoms in total. The minimum atomic E-state index is -0.204. The SMILES string of the molecule is CCC(C)(C)c1ccc(C(Br)c2c(F)cccc2Br)cc1. The van der Waals surface area contributed by atoms with Crippen LogP contribution in [-0.2, 0) is 5.41 Å². The van der Waals surface area contributed by atoms with Gasteiger partial charge in [0, 0.05) is 10.0 Å². The fourth-order valence-electron chi connectivity index (χ4n) is 2.23. The van der Waals surface area contributed by atoms with Crippen molar-refractivity contribution in [2.45, 2.75) is 37.4 Å². The van der Waals surface area contributed by atoms with Crippen LogP contribution in [0.3, 0.4) is 0 Å². The lowest BCUT2D eigenvalue weighted by Gasteiger charge is -2.24. The molecule has 0 aliphatic carbocycles. The van der Waals surface area contributed by atoms with Crippen molar-refractivity contribution in [3.05, 3.63) is 69.4 Å². The van der Waals surface area contributed by atoms with Crippen molar-refractivity contribution in [3.8, 4) is 0 Å². The largest absolute Gasteiger partial charge is 0.207 e. The van der Waals surface area contributed by atoms with Gasteiger partial charge in [-0.25, -0.2) is 4.39 Å². The van der Waals surface area contributed by atoms with Gasteiger partial charge in [0.1, 0.15) is 5.82 Å². The van der Waals surface area contributed by atoms with E-state index in [0.29, 0.717) is 5.56 Å². The zero-order valence-electron chi connectivity index (χ0n) is 12.5. The van der Waals surface area contributed by atoms with Crippen LogP contribution in [-0.4, -0.2) is 0 Å². The highest BCUT2D eigenvalue weighted by Crippen LogP contribution is 2.38. The number of benzene rings is 2. The molecule has 0 bridgehead atoms. The molecule has 0 aliphatic heterocycles. The van der Waals surface area contributed by atoms with E-state index in [1.54, 1.807) is 6.07 Å². The quantitative estimate of drug-likeness (QED) is 0.485. The molecule has 2 aromatic carbocycles. The fourth-order valence-corrected chi connectivity index (χ4v) is 3.88. The molecule has 0 saturated heterocycles. The van der Waals surface area contributed by atoms with E-state index < -0.39 is 0 Å². The lowest BCUT2D eigenvalue weighted by atomic mass is 9.82. The Morgan fingerprint density at radius 1 is 1.10 bits per heavy atom. The second kappa shape index (κ2) is 6.62. The smallest absolute Gasteiger partial charge is 0.129 e. The van der Waals surface area contributed by atoms with Crippen LogP contribution in [0.15, 0.2) is 46.9 Å². The molecule has 0 saturated carbocycles. The first-order valence-corrected chi connectivity index (χ1v) is 8.76. The summed E-state index contributed by atoms with van der Waals surface area (Å²) in [6.45, 7) is 6.67. The number of rotatable bonds is 4. The highest BCUT2D eigenvalue weighted by atomic mass is 79.9. The van der Waals surface area contributed by atoms with E-state index >= 15 is 0 Å². The van der Waals surface area contributed by atoms with Crippen molar-refractivity contribution in [3.63, 3.8) is 0 Å². The number of hydrogen-bond donors (Lipinski definition) is 0. The highest BCUT2D eigenvalue weighted by Gasteiger charge is 2.20. The molecule has 2 aromatic rings. The summed E-state index contributed by atoms with van der Waals surface area (Å²) < 4.78 is 14.8. The van der Waals surface area contributed by atoms with Crippen LogP contribution in [0.1, 0.15) is 48.7 Å². The van der Waals surface area contributed by atoms with E-state index in [9.17, 15) is 4.39 Å². The maximum atomic E-state index is 14.0. The molecule has 0 amide bonds. The van der Waals surface area contributed by atoms with Crippen molar-refractivity contribution in [2.24, 2.45) is 0 Å². The second-order valence-electron chi connectivity index (χ2n) is 5.86. The molecule has 1 unspecified atom stereocenters. The summed E-state index contributed by atoms with van der Waals surface area (Å²) in [7, 11) is 0. The van der Waals surface area contributed by atoms with Crippen LogP contribution in [0, 0.1) is 5.82 Å². The Labute approximate surface area is 143 Å². The molecule has 1 atom stereocenters. The molecule has 112 valence electrons. The molecule has 0 aliphatic rings. The number of hydrogen-bond acceptors (Lipinski definition) is 0. The maximum absolute atomic E-state index is 14.0. The zero-order valence-corrected chi connectivity index (χ0v) is 15.6. The van der Waals surface area contributed by atoms with Gasteiger partial charge in [-0.2, -0.15) is 0 Å². The van der Waals surface area contributed by atoms with Gasteiger partial charge in [0.05, 0.1) is 4.83 Å². The van der Waals surface area contributed by atoms with Crippen LogP contribution < -0.4 is 0 Å².